The molecule has 1 aliphatic rings. The van der Waals surface area contributed by atoms with Gasteiger partial charge in [0.05, 0.1) is 5.69 Å². The van der Waals surface area contributed by atoms with Crippen LogP contribution in [0.1, 0.15) is 12.2 Å². The smallest absolute Gasteiger partial charge is 0.356 e. The molecule has 0 spiro atoms. The number of hydrogen-bond acceptors (Lipinski definition) is 4. The van der Waals surface area contributed by atoms with Crippen molar-refractivity contribution in [2.45, 2.75) is 12.6 Å². The van der Waals surface area contributed by atoms with Crippen molar-refractivity contribution in [1.82, 2.24) is 15.0 Å². The van der Waals surface area contributed by atoms with E-state index in [1.165, 1.54) is 12.4 Å². The molecule has 3 heterocycles. The van der Waals surface area contributed by atoms with E-state index in [1.54, 1.807) is 18.2 Å². The molecule has 3 rings (SSSR count). The van der Waals surface area contributed by atoms with Gasteiger partial charge in [-0.25, -0.2) is 9.97 Å². The minimum Gasteiger partial charge on any atom is -0.356 e. The number of alkyl halides is 3. The van der Waals surface area contributed by atoms with Crippen molar-refractivity contribution in [3.8, 4) is 11.3 Å². The molecule has 0 unspecified atom stereocenters. The summed E-state index contributed by atoms with van der Waals surface area (Å²) in [6.07, 6.45) is -0.541. The molecular formula is C13H11F3N4. The summed E-state index contributed by atoms with van der Waals surface area (Å²) in [6.45, 7) is 1.45. The van der Waals surface area contributed by atoms with E-state index in [1.807, 2.05) is 4.90 Å². The van der Waals surface area contributed by atoms with E-state index < -0.39 is 12.0 Å². The molecule has 2 aromatic heterocycles. The molecule has 104 valence electrons. The van der Waals surface area contributed by atoms with Crippen molar-refractivity contribution in [3.63, 3.8) is 0 Å². The Morgan fingerprint density at radius 1 is 1.05 bits per heavy atom. The third kappa shape index (κ3) is 2.43. The first kappa shape index (κ1) is 12.8. The van der Waals surface area contributed by atoms with Crippen LogP contribution in [0.3, 0.4) is 0 Å². The first-order valence-electron chi connectivity index (χ1n) is 6.16. The summed E-state index contributed by atoms with van der Waals surface area (Å²) < 4.78 is 38.7. The lowest BCUT2D eigenvalue weighted by atomic mass is 10.1. The average molecular weight is 280 g/mol. The molecule has 0 radical (unpaired) electrons. The van der Waals surface area contributed by atoms with E-state index in [9.17, 15) is 13.2 Å². The van der Waals surface area contributed by atoms with Crippen LogP contribution >= 0.6 is 0 Å². The van der Waals surface area contributed by atoms with Crippen LogP contribution < -0.4 is 4.90 Å². The molecule has 1 fully saturated rings. The Kier molecular flexibility index (Phi) is 3.04. The predicted molar refractivity (Wildman–Crippen MR) is 67.1 cm³/mol. The lowest BCUT2D eigenvalue weighted by Crippen LogP contribution is -2.38. The fourth-order valence-corrected chi connectivity index (χ4v) is 1.94. The minimum atomic E-state index is -4.55. The molecule has 1 aliphatic heterocycles. The van der Waals surface area contributed by atoms with E-state index >= 15 is 0 Å². The number of halogens is 3. The minimum absolute atomic E-state index is 0.261. The second-order valence-corrected chi connectivity index (χ2v) is 4.51. The Bertz CT molecular complexity index is 609. The molecule has 1 saturated heterocycles. The summed E-state index contributed by atoms with van der Waals surface area (Å²) in [5, 5.41) is 0. The standard InChI is InChI=1S/C13H11F3N4/c14-13(15,16)12-18-10(9-2-4-17-5-3-9)8-11(19-12)20-6-1-7-20/h2-5,8H,1,6-7H2. The van der Waals surface area contributed by atoms with Gasteiger partial charge >= 0.3 is 6.18 Å². The van der Waals surface area contributed by atoms with Crippen molar-refractivity contribution in [2.75, 3.05) is 18.0 Å². The maximum atomic E-state index is 12.9. The monoisotopic (exact) mass is 280 g/mol. The highest BCUT2D eigenvalue weighted by atomic mass is 19.4. The first-order valence-corrected chi connectivity index (χ1v) is 6.16. The van der Waals surface area contributed by atoms with Gasteiger partial charge in [0.2, 0.25) is 5.82 Å². The highest BCUT2D eigenvalue weighted by Gasteiger charge is 2.36. The molecule has 2 aromatic rings. The zero-order valence-corrected chi connectivity index (χ0v) is 10.4. The van der Waals surface area contributed by atoms with E-state index in [0.717, 1.165) is 19.5 Å². The Morgan fingerprint density at radius 3 is 2.30 bits per heavy atom. The zero-order valence-electron chi connectivity index (χ0n) is 10.4. The van der Waals surface area contributed by atoms with Crippen LogP contribution in [0.15, 0.2) is 30.6 Å². The number of nitrogens with zero attached hydrogens (tertiary/aromatic N) is 4. The van der Waals surface area contributed by atoms with Gasteiger partial charge in [0.25, 0.3) is 0 Å². The Morgan fingerprint density at radius 2 is 1.75 bits per heavy atom. The maximum Gasteiger partial charge on any atom is 0.451 e. The van der Waals surface area contributed by atoms with Crippen LogP contribution in [-0.4, -0.2) is 28.0 Å². The second kappa shape index (κ2) is 4.73. The number of rotatable bonds is 2. The van der Waals surface area contributed by atoms with Crippen LogP contribution in [0.2, 0.25) is 0 Å². The van der Waals surface area contributed by atoms with Gasteiger partial charge in [-0.15, -0.1) is 0 Å². The largest absolute Gasteiger partial charge is 0.451 e. The summed E-state index contributed by atoms with van der Waals surface area (Å²) in [5.74, 6) is -0.779. The quantitative estimate of drug-likeness (QED) is 0.848. The van der Waals surface area contributed by atoms with E-state index in [2.05, 4.69) is 15.0 Å². The Balaban J connectivity index is 2.09. The molecular weight excluding hydrogens is 269 g/mol. The van der Waals surface area contributed by atoms with E-state index in [-0.39, 0.29) is 5.69 Å². The van der Waals surface area contributed by atoms with Gasteiger partial charge in [0, 0.05) is 37.1 Å². The highest BCUT2D eigenvalue weighted by Crippen LogP contribution is 2.31. The molecule has 0 saturated carbocycles. The lowest BCUT2D eigenvalue weighted by molar-refractivity contribution is -0.144. The third-order valence-electron chi connectivity index (χ3n) is 3.12. The van der Waals surface area contributed by atoms with Crippen molar-refractivity contribution in [2.24, 2.45) is 0 Å². The highest BCUT2D eigenvalue weighted by molar-refractivity contribution is 5.62. The molecule has 0 bridgehead atoms. The van der Waals surface area contributed by atoms with Crippen molar-refractivity contribution < 1.29 is 13.2 Å². The van der Waals surface area contributed by atoms with E-state index in [4.69, 9.17) is 0 Å². The predicted octanol–water partition coefficient (Wildman–Crippen LogP) is 2.77. The Hall–Kier alpha value is -2.18. The van der Waals surface area contributed by atoms with Gasteiger partial charge in [-0.1, -0.05) is 0 Å². The third-order valence-corrected chi connectivity index (χ3v) is 3.12. The van der Waals surface area contributed by atoms with Crippen molar-refractivity contribution in [3.05, 3.63) is 36.4 Å². The molecule has 20 heavy (non-hydrogen) atoms. The Labute approximate surface area is 113 Å². The molecule has 4 nitrogen and oxygen atoms in total. The molecule has 0 aliphatic carbocycles. The van der Waals surface area contributed by atoms with Crippen molar-refractivity contribution in [1.29, 1.82) is 0 Å². The molecule has 7 heteroatoms. The van der Waals surface area contributed by atoms with Crippen LogP contribution in [0.25, 0.3) is 11.3 Å². The summed E-state index contributed by atoms with van der Waals surface area (Å²) in [5.41, 5.74) is 0.853. The number of anilines is 1. The maximum absolute atomic E-state index is 12.9. The van der Waals surface area contributed by atoms with Crippen molar-refractivity contribution >= 4 is 5.82 Å². The summed E-state index contributed by atoms with van der Waals surface area (Å²) in [6, 6.07) is 4.84. The summed E-state index contributed by atoms with van der Waals surface area (Å²) >= 11 is 0. The number of aromatic nitrogens is 3. The average Bonchev–Trinajstić information content (AvgIpc) is 2.36. The molecule has 0 N–H and O–H groups in total. The fourth-order valence-electron chi connectivity index (χ4n) is 1.94. The second-order valence-electron chi connectivity index (χ2n) is 4.51. The van der Waals surface area contributed by atoms with Crippen LogP contribution in [0, 0.1) is 0 Å². The summed E-state index contributed by atoms with van der Waals surface area (Å²) in [7, 11) is 0. The normalized spacial score (nSPS) is 15.1. The van der Waals surface area contributed by atoms with Gasteiger partial charge in [-0.3, -0.25) is 4.98 Å². The number of pyridine rings is 1. The molecule has 0 atom stereocenters. The zero-order chi connectivity index (χ0) is 14.2. The van der Waals surface area contributed by atoms with Crippen LogP contribution in [0.4, 0.5) is 19.0 Å². The van der Waals surface area contributed by atoms with E-state index in [0.29, 0.717) is 11.4 Å². The summed E-state index contributed by atoms with van der Waals surface area (Å²) in [4.78, 5) is 12.9. The topological polar surface area (TPSA) is 41.9 Å². The van der Waals surface area contributed by atoms with Gasteiger partial charge in [-0.2, -0.15) is 13.2 Å². The fraction of sp³-hybridized carbons (Fsp3) is 0.308. The lowest BCUT2D eigenvalue weighted by Gasteiger charge is -2.32. The first-order chi connectivity index (χ1) is 9.54. The molecule has 0 amide bonds. The van der Waals surface area contributed by atoms with Gasteiger partial charge in [0.1, 0.15) is 5.82 Å². The van der Waals surface area contributed by atoms with Gasteiger partial charge in [-0.05, 0) is 18.6 Å². The SMILES string of the molecule is FC(F)(F)c1nc(-c2ccncc2)cc(N2CCC2)n1. The van der Waals surface area contributed by atoms with Crippen LogP contribution in [-0.2, 0) is 6.18 Å². The van der Waals surface area contributed by atoms with Crippen LogP contribution in [0.5, 0.6) is 0 Å². The van der Waals surface area contributed by atoms with Gasteiger partial charge in [0.15, 0.2) is 0 Å². The number of hydrogen-bond donors (Lipinski definition) is 0. The van der Waals surface area contributed by atoms with Gasteiger partial charge < -0.3 is 4.90 Å². The molecule has 0 aromatic carbocycles.